The van der Waals surface area contributed by atoms with E-state index in [0.717, 1.165) is 68.5 Å². The fraction of sp³-hybridized carbons (Fsp3) is 0.609. The minimum Gasteiger partial charge on any atom is -0.355 e. The summed E-state index contributed by atoms with van der Waals surface area (Å²) in [5, 5.41) is 10.9. The third-order valence-corrected chi connectivity index (χ3v) is 7.44. The molecule has 4 heterocycles. The van der Waals surface area contributed by atoms with Crippen molar-refractivity contribution in [3.05, 3.63) is 29.6 Å². The lowest BCUT2D eigenvalue weighted by Gasteiger charge is -2.40. The van der Waals surface area contributed by atoms with E-state index in [0.29, 0.717) is 11.9 Å². The number of amides is 1. The Kier molecular flexibility index (Phi) is 7.00. The van der Waals surface area contributed by atoms with Crippen LogP contribution in [0.1, 0.15) is 39.5 Å². The van der Waals surface area contributed by atoms with Crippen LogP contribution < -0.4 is 4.90 Å². The highest BCUT2D eigenvalue weighted by Crippen LogP contribution is 2.26. The highest BCUT2D eigenvalue weighted by atomic mass is 32.1. The Morgan fingerprint density at radius 1 is 1.10 bits per heavy atom. The van der Waals surface area contributed by atoms with Gasteiger partial charge in [0.1, 0.15) is 5.69 Å². The van der Waals surface area contributed by atoms with Gasteiger partial charge in [0.25, 0.3) is 0 Å². The van der Waals surface area contributed by atoms with Gasteiger partial charge in [-0.05, 0) is 49.8 Å². The molecule has 0 saturated carbocycles. The van der Waals surface area contributed by atoms with E-state index in [9.17, 15) is 4.79 Å². The average molecular weight is 428 g/mol. The van der Waals surface area contributed by atoms with Crippen LogP contribution >= 0.6 is 11.3 Å². The number of hydrogen-bond donors (Lipinski definition) is 0. The van der Waals surface area contributed by atoms with Gasteiger partial charge in [0, 0.05) is 51.2 Å². The normalized spacial score (nSPS) is 19.8. The molecule has 2 saturated heterocycles. The molecule has 1 atom stereocenters. The van der Waals surface area contributed by atoms with Gasteiger partial charge < -0.3 is 9.80 Å². The third kappa shape index (κ3) is 4.83. The molecule has 2 aliphatic rings. The maximum atomic E-state index is 13.0. The number of thiophene rings is 1. The van der Waals surface area contributed by atoms with E-state index in [4.69, 9.17) is 0 Å². The Morgan fingerprint density at radius 2 is 1.87 bits per heavy atom. The largest absolute Gasteiger partial charge is 0.355 e. The van der Waals surface area contributed by atoms with E-state index in [1.807, 2.05) is 12.1 Å². The van der Waals surface area contributed by atoms with Crippen molar-refractivity contribution in [3.63, 3.8) is 0 Å². The standard InChI is InChI=1S/C23H33N5OS/c1-3-5-18(2)26-13-15-28(16-14-26)23(29)19-9-11-27(12-10-19)22-8-7-20(24-25-22)21-6-4-17-30-21/h4,6-8,17-19H,3,5,9-16H2,1-2H3/t18-/m1/s1. The van der Waals surface area contributed by atoms with Crippen LogP contribution in [0.3, 0.4) is 0 Å². The van der Waals surface area contributed by atoms with Gasteiger partial charge in [0.05, 0.1) is 4.88 Å². The molecule has 0 aliphatic carbocycles. The first-order valence-corrected chi connectivity index (χ1v) is 12.2. The molecular weight excluding hydrogens is 394 g/mol. The van der Waals surface area contributed by atoms with E-state index < -0.39 is 0 Å². The van der Waals surface area contributed by atoms with Crippen molar-refractivity contribution in [1.82, 2.24) is 20.0 Å². The molecule has 162 valence electrons. The van der Waals surface area contributed by atoms with Gasteiger partial charge in [-0.3, -0.25) is 9.69 Å². The Bertz CT molecular complexity index is 794. The molecular formula is C23H33N5OS. The number of carbonyl (C=O) groups excluding carboxylic acids is 1. The van der Waals surface area contributed by atoms with Gasteiger partial charge in [0.2, 0.25) is 5.91 Å². The van der Waals surface area contributed by atoms with Crippen molar-refractivity contribution in [2.75, 3.05) is 44.2 Å². The SMILES string of the molecule is CCC[C@@H](C)N1CCN(C(=O)C2CCN(c3ccc(-c4cccs4)nn3)CC2)CC1. The lowest BCUT2D eigenvalue weighted by atomic mass is 9.95. The Labute approximate surface area is 183 Å². The molecule has 0 spiro atoms. The zero-order valence-electron chi connectivity index (χ0n) is 18.2. The molecule has 6 nitrogen and oxygen atoms in total. The molecule has 30 heavy (non-hydrogen) atoms. The topological polar surface area (TPSA) is 52.6 Å². The molecule has 2 fully saturated rings. The van der Waals surface area contributed by atoms with E-state index in [1.165, 1.54) is 12.8 Å². The second-order valence-corrected chi connectivity index (χ2v) is 9.46. The highest BCUT2D eigenvalue weighted by Gasteiger charge is 2.31. The molecule has 0 N–H and O–H groups in total. The number of rotatable bonds is 6. The van der Waals surface area contributed by atoms with Crippen molar-refractivity contribution < 1.29 is 4.79 Å². The smallest absolute Gasteiger partial charge is 0.225 e. The van der Waals surface area contributed by atoms with Crippen molar-refractivity contribution >= 4 is 23.1 Å². The van der Waals surface area contributed by atoms with Crippen LogP contribution in [0.2, 0.25) is 0 Å². The second-order valence-electron chi connectivity index (χ2n) is 8.51. The van der Waals surface area contributed by atoms with Gasteiger partial charge in [0.15, 0.2) is 5.82 Å². The number of carbonyl (C=O) groups is 1. The number of anilines is 1. The minimum atomic E-state index is 0.152. The summed E-state index contributed by atoms with van der Waals surface area (Å²) in [4.78, 5) is 21.1. The molecule has 2 aromatic rings. The summed E-state index contributed by atoms with van der Waals surface area (Å²) in [6.07, 6.45) is 4.27. The summed E-state index contributed by atoms with van der Waals surface area (Å²) in [6.45, 7) is 10.1. The second kappa shape index (κ2) is 9.88. The average Bonchev–Trinajstić information content (AvgIpc) is 3.34. The zero-order valence-corrected chi connectivity index (χ0v) is 19.0. The maximum absolute atomic E-state index is 13.0. The van der Waals surface area contributed by atoms with Crippen LogP contribution in [0.15, 0.2) is 29.6 Å². The van der Waals surface area contributed by atoms with E-state index >= 15 is 0 Å². The first-order valence-electron chi connectivity index (χ1n) is 11.3. The minimum absolute atomic E-state index is 0.152. The van der Waals surface area contributed by atoms with Crippen LogP contribution in [0.25, 0.3) is 10.6 Å². The van der Waals surface area contributed by atoms with Crippen molar-refractivity contribution in [2.24, 2.45) is 5.92 Å². The van der Waals surface area contributed by atoms with Crippen LogP contribution in [-0.2, 0) is 4.79 Å². The summed E-state index contributed by atoms with van der Waals surface area (Å²) in [5.74, 6) is 1.43. The Balaban J connectivity index is 1.26. The number of piperazine rings is 1. The number of hydrogen-bond acceptors (Lipinski definition) is 6. The predicted octanol–water partition coefficient (Wildman–Crippen LogP) is 3.75. The quantitative estimate of drug-likeness (QED) is 0.703. The van der Waals surface area contributed by atoms with E-state index in [-0.39, 0.29) is 5.92 Å². The summed E-state index contributed by atoms with van der Waals surface area (Å²) in [7, 11) is 0. The van der Waals surface area contributed by atoms with Crippen molar-refractivity contribution in [1.29, 1.82) is 0 Å². The molecule has 1 amide bonds. The fourth-order valence-electron chi connectivity index (χ4n) is 4.65. The van der Waals surface area contributed by atoms with Gasteiger partial charge >= 0.3 is 0 Å². The van der Waals surface area contributed by atoms with Crippen LogP contribution in [0.5, 0.6) is 0 Å². The monoisotopic (exact) mass is 427 g/mol. The Morgan fingerprint density at radius 3 is 2.47 bits per heavy atom. The molecule has 2 aromatic heterocycles. The van der Waals surface area contributed by atoms with Crippen molar-refractivity contribution in [2.45, 2.75) is 45.6 Å². The third-order valence-electron chi connectivity index (χ3n) is 6.55. The zero-order chi connectivity index (χ0) is 20.9. The summed E-state index contributed by atoms with van der Waals surface area (Å²) < 4.78 is 0. The maximum Gasteiger partial charge on any atom is 0.225 e. The fourth-order valence-corrected chi connectivity index (χ4v) is 5.34. The van der Waals surface area contributed by atoms with Gasteiger partial charge in [-0.25, -0.2) is 0 Å². The van der Waals surface area contributed by atoms with Crippen LogP contribution in [0.4, 0.5) is 5.82 Å². The molecule has 2 aliphatic heterocycles. The summed E-state index contributed by atoms with van der Waals surface area (Å²) in [5.41, 5.74) is 0.922. The van der Waals surface area contributed by atoms with E-state index in [1.54, 1.807) is 11.3 Å². The number of nitrogens with zero attached hydrogens (tertiary/aromatic N) is 5. The first-order chi connectivity index (χ1) is 14.7. The molecule has 7 heteroatoms. The van der Waals surface area contributed by atoms with Crippen LogP contribution in [0, 0.1) is 5.92 Å². The lowest BCUT2D eigenvalue weighted by molar-refractivity contribution is -0.138. The Hall–Kier alpha value is -1.99. The van der Waals surface area contributed by atoms with Gasteiger partial charge in [-0.2, -0.15) is 0 Å². The first kappa shape index (κ1) is 21.2. The molecule has 0 aromatic carbocycles. The number of aromatic nitrogens is 2. The molecule has 0 bridgehead atoms. The predicted molar refractivity (Wildman–Crippen MR) is 123 cm³/mol. The summed E-state index contributed by atoms with van der Waals surface area (Å²) >= 11 is 1.68. The summed E-state index contributed by atoms with van der Waals surface area (Å²) in [6, 6.07) is 8.83. The molecule has 0 radical (unpaired) electrons. The number of piperidine rings is 1. The van der Waals surface area contributed by atoms with Crippen molar-refractivity contribution in [3.8, 4) is 10.6 Å². The van der Waals surface area contributed by atoms with Gasteiger partial charge in [-0.15, -0.1) is 21.5 Å². The van der Waals surface area contributed by atoms with E-state index in [2.05, 4.69) is 56.3 Å². The van der Waals surface area contributed by atoms with Crippen LogP contribution in [-0.4, -0.2) is 71.2 Å². The molecule has 0 unspecified atom stereocenters. The highest BCUT2D eigenvalue weighted by molar-refractivity contribution is 7.13. The molecule has 4 rings (SSSR count). The lowest BCUT2D eigenvalue weighted by Crippen LogP contribution is -2.53. The van der Waals surface area contributed by atoms with Gasteiger partial charge in [-0.1, -0.05) is 19.4 Å².